The van der Waals surface area contributed by atoms with Gasteiger partial charge in [0.15, 0.2) is 0 Å². The Morgan fingerprint density at radius 3 is 2.65 bits per heavy atom. The summed E-state index contributed by atoms with van der Waals surface area (Å²) in [7, 11) is 0. The SMILES string of the molecule is O=C(O)c1cnn(-c2ccccc2)c1OCCCCO. The van der Waals surface area contributed by atoms with Gasteiger partial charge in [0.2, 0.25) is 5.88 Å². The molecule has 0 aliphatic rings. The number of carboxylic acid groups (broad SMARTS) is 1. The van der Waals surface area contributed by atoms with Crippen molar-refractivity contribution in [2.24, 2.45) is 0 Å². The number of aromatic carboxylic acids is 1. The van der Waals surface area contributed by atoms with Crippen LogP contribution in [-0.4, -0.2) is 39.2 Å². The molecule has 1 aromatic carbocycles. The van der Waals surface area contributed by atoms with Crippen molar-refractivity contribution in [1.82, 2.24) is 9.78 Å². The molecule has 1 heterocycles. The standard InChI is InChI=1S/C14H16N2O4/c17-8-4-5-9-20-13-12(14(18)19)10-15-16(13)11-6-2-1-3-7-11/h1-3,6-7,10,17H,4-5,8-9H2,(H,18,19). The number of carboxylic acids is 1. The summed E-state index contributed by atoms with van der Waals surface area (Å²) < 4.78 is 7.00. The molecule has 6 heteroatoms. The lowest BCUT2D eigenvalue weighted by molar-refractivity contribution is 0.0691. The van der Waals surface area contributed by atoms with Crippen molar-refractivity contribution in [1.29, 1.82) is 0 Å². The maximum Gasteiger partial charge on any atom is 0.342 e. The molecular formula is C14H16N2O4. The van der Waals surface area contributed by atoms with Crippen molar-refractivity contribution < 1.29 is 19.7 Å². The van der Waals surface area contributed by atoms with Crippen LogP contribution < -0.4 is 4.74 Å². The van der Waals surface area contributed by atoms with Crippen LogP contribution in [0.5, 0.6) is 5.88 Å². The van der Waals surface area contributed by atoms with Gasteiger partial charge in [-0.3, -0.25) is 0 Å². The highest BCUT2D eigenvalue weighted by Crippen LogP contribution is 2.23. The highest BCUT2D eigenvalue weighted by Gasteiger charge is 2.19. The fourth-order valence-corrected chi connectivity index (χ4v) is 1.76. The molecule has 0 amide bonds. The molecular weight excluding hydrogens is 260 g/mol. The van der Waals surface area contributed by atoms with Gasteiger partial charge in [-0.25, -0.2) is 9.48 Å². The molecule has 0 saturated heterocycles. The molecule has 0 radical (unpaired) electrons. The van der Waals surface area contributed by atoms with E-state index in [4.69, 9.17) is 14.9 Å². The molecule has 0 unspecified atom stereocenters. The minimum atomic E-state index is -1.08. The lowest BCUT2D eigenvalue weighted by atomic mass is 10.3. The molecule has 0 aliphatic carbocycles. The number of aromatic nitrogens is 2. The molecule has 0 atom stereocenters. The Labute approximate surface area is 116 Å². The zero-order chi connectivity index (χ0) is 14.4. The van der Waals surface area contributed by atoms with Crippen molar-refractivity contribution in [2.45, 2.75) is 12.8 Å². The lowest BCUT2D eigenvalue weighted by Gasteiger charge is -2.10. The van der Waals surface area contributed by atoms with Crippen molar-refractivity contribution in [3.8, 4) is 11.6 Å². The maximum absolute atomic E-state index is 11.2. The fraction of sp³-hybridized carbons (Fsp3) is 0.286. The number of unbranched alkanes of at least 4 members (excludes halogenated alkanes) is 1. The molecule has 0 aliphatic heterocycles. The van der Waals surface area contributed by atoms with Crippen LogP contribution in [-0.2, 0) is 0 Å². The number of aliphatic hydroxyl groups excluding tert-OH is 1. The summed E-state index contributed by atoms with van der Waals surface area (Å²) in [5.41, 5.74) is 0.759. The zero-order valence-corrected chi connectivity index (χ0v) is 10.9. The smallest absolute Gasteiger partial charge is 0.342 e. The second-order valence-electron chi connectivity index (χ2n) is 4.20. The number of rotatable bonds is 7. The van der Waals surface area contributed by atoms with Gasteiger partial charge in [0.25, 0.3) is 0 Å². The predicted octanol–water partition coefficient (Wildman–Crippen LogP) is 1.72. The van der Waals surface area contributed by atoms with Gasteiger partial charge in [-0.05, 0) is 25.0 Å². The van der Waals surface area contributed by atoms with E-state index in [1.807, 2.05) is 30.3 Å². The molecule has 0 fully saturated rings. The molecule has 2 N–H and O–H groups in total. The lowest BCUT2D eigenvalue weighted by Crippen LogP contribution is -2.08. The zero-order valence-electron chi connectivity index (χ0n) is 10.9. The van der Waals surface area contributed by atoms with Crippen LogP contribution in [0.2, 0.25) is 0 Å². The number of nitrogens with zero attached hydrogens (tertiary/aromatic N) is 2. The second kappa shape index (κ2) is 6.72. The fourth-order valence-electron chi connectivity index (χ4n) is 1.76. The Hall–Kier alpha value is -2.34. The van der Waals surface area contributed by atoms with Crippen LogP contribution in [0, 0.1) is 0 Å². The largest absolute Gasteiger partial charge is 0.477 e. The first-order valence-corrected chi connectivity index (χ1v) is 6.34. The van der Waals surface area contributed by atoms with Gasteiger partial charge in [0.1, 0.15) is 5.56 Å². The molecule has 2 aromatic rings. The average molecular weight is 276 g/mol. The van der Waals surface area contributed by atoms with Crippen LogP contribution in [0.15, 0.2) is 36.5 Å². The second-order valence-corrected chi connectivity index (χ2v) is 4.20. The van der Waals surface area contributed by atoms with Crippen molar-refractivity contribution in [2.75, 3.05) is 13.2 Å². The number of hydrogen-bond donors (Lipinski definition) is 2. The summed E-state index contributed by atoms with van der Waals surface area (Å²) in [6.07, 6.45) is 2.54. The average Bonchev–Trinajstić information content (AvgIpc) is 2.88. The Bertz CT molecular complexity index is 566. The van der Waals surface area contributed by atoms with Crippen LogP contribution in [0.3, 0.4) is 0 Å². The summed E-state index contributed by atoms with van der Waals surface area (Å²) >= 11 is 0. The van der Waals surface area contributed by atoms with Crippen LogP contribution in [0.1, 0.15) is 23.2 Å². The van der Waals surface area contributed by atoms with Crippen molar-refractivity contribution in [3.05, 3.63) is 42.1 Å². The van der Waals surface area contributed by atoms with Gasteiger partial charge < -0.3 is 14.9 Å². The Kier molecular flexibility index (Phi) is 4.73. The van der Waals surface area contributed by atoms with E-state index in [2.05, 4.69) is 5.10 Å². The highest BCUT2D eigenvalue weighted by atomic mass is 16.5. The van der Waals surface area contributed by atoms with E-state index in [9.17, 15) is 4.79 Å². The number of para-hydroxylation sites is 1. The predicted molar refractivity (Wildman–Crippen MR) is 72.3 cm³/mol. The molecule has 0 spiro atoms. The van der Waals surface area contributed by atoms with E-state index in [1.54, 1.807) is 0 Å². The van der Waals surface area contributed by atoms with Gasteiger partial charge in [0, 0.05) is 6.61 Å². The minimum absolute atomic E-state index is 0.0258. The number of ether oxygens (including phenoxy) is 1. The molecule has 106 valence electrons. The molecule has 0 bridgehead atoms. The monoisotopic (exact) mass is 276 g/mol. The van der Waals surface area contributed by atoms with Gasteiger partial charge in [-0.1, -0.05) is 18.2 Å². The third-order valence-electron chi connectivity index (χ3n) is 2.75. The summed E-state index contributed by atoms with van der Waals surface area (Å²) in [5, 5.41) is 22.0. The first kappa shape index (κ1) is 14.1. The number of carbonyl (C=O) groups is 1. The molecule has 2 rings (SSSR count). The van der Waals surface area contributed by atoms with E-state index < -0.39 is 5.97 Å². The Balaban J connectivity index is 2.26. The van der Waals surface area contributed by atoms with Crippen molar-refractivity contribution >= 4 is 5.97 Å². The number of benzene rings is 1. The first-order valence-electron chi connectivity index (χ1n) is 6.34. The van der Waals surface area contributed by atoms with Gasteiger partial charge in [0.05, 0.1) is 18.5 Å². The molecule has 1 aromatic heterocycles. The Morgan fingerprint density at radius 2 is 2.00 bits per heavy atom. The third-order valence-corrected chi connectivity index (χ3v) is 2.75. The number of aliphatic hydroxyl groups is 1. The summed E-state index contributed by atoms with van der Waals surface area (Å²) in [5.74, 6) is -0.869. The third kappa shape index (κ3) is 3.16. The summed E-state index contributed by atoms with van der Waals surface area (Å²) in [4.78, 5) is 11.2. The molecule has 6 nitrogen and oxygen atoms in total. The molecule has 0 saturated carbocycles. The summed E-state index contributed by atoms with van der Waals surface area (Å²) in [6, 6.07) is 9.19. The quantitative estimate of drug-likeness (QED) is 0.752. The van der Waals surface area contributed by atoms with E-state index in [0.29, 0.717) is 19.4 Å². The van der Waals surface area contributed by atoms with Crippen LogP contribution in [0.4, 0.5) is 0 Å². The highest BCUT2D eigenvalue weighted by molar-refractivity contribution is 5.90. The summed E-state index contributed by atoms with van der Waals surface area (Å²) in [6.45, 7) is 0.423. The van der Waals surface area contributed by atoms with Crippen LogP contribution in [0.25, 0.3) is 5.69 Å². The van der Waals surface area contributed by atoms with E-state index in [1.165, 1.54) is 10.9 Å². The molecule has 20 heavy (non-hydrogen) atoms. The van der Waals surface area contributed by atoms with Crippen LogP contribution >= 0.6 is 0 Å². The van der Waals surface area contributed by atoms with E-state index in [-0.39, 0.29) is 18.1 Å². The number of hydrogen-bond acceptors (Lipinski definition) is 4. The first-order chi connectivity index (χ1) is 9.74. The van der Waals surface area contributed by atoms with Gasteiger partial charge >= 0.3 is 5.97 Å². The maximum atomic E-state index is 11.2. The van der Waals surface area contributed by atoms with Gasteiger partial charge in [-0.15, -0.1) is 0 Å². The Morgan fingerprint density at radius 1 is 1.25 bits per heavy atom. The van der Waals surface area contributed by atoms with E-state index in [0.717, 1.165) is 5.69 Å². The topological polar surface area (TPSA) is 84.6 Å². The normalized spacial score (nSPS) is 10.4. The van der Waals surface area contributed by atoms with Crippen molar-refractivity contribution in [3.63, 3.8) is 0 Å². The van der Waals surface area contributed by atoms with E-state index >= 15 is 0 Å². The minimum Gasteiger partial charge on any atom is -0.477 e. The van der Waals surface area contributed by atoms with Gasteiger partial charge in [-0.2, -0.15) is 5.10 Å².